The van der Waals surface area contributed by atoms with Gasteiger partial charge < -0.3 is 14.4 Å². The predicted molar refractivity (Wildman–Crippen MR) is 50.6 cm³/mol. The fourth-order valence-corrected chi connectivity index (χ4v) is 1.36. The smallest absolute Gasteiger partial charge is 0.259 e. The van der Waals surface area contributed by atoms with Crippen molar-refractivity contribution in [2.24, 2.45) is 0 Å². The fraction of sp³-hybridized carbons (Fsp3) is 0.300. The van der Waals surface area contributed by atoms with Gasteiger partial charge in [-0.05, 0) is 12.1 Å². The molecule has 0 fully saturated rings. The van der Waals surface area contributed by atoms with Crippen LogP contribution in [0.1, 0.15) is 10.4 Å². The second-order valence-corrected chi connectivity index (χ2v) is 3.14. The topological polar surface area (TPSA) is 38.8 Å². The van der Waals surface area contributed by atoms with Crippen molar-refractivity contribution in [3.63, 3.8) is 0 Å². The van der Waals surface area contributed by atoms with Gasteiger partial charge >= 0.3 is 0 Å². The minimum Gasteiger partial charge on any atom is -0.497 e. The van der Waals surface area contributed by atoms with Crippen molar-refractivity contribution >= 4 is 5.91 Å². The lowest BCUT2D eigenvalue weighted by Crippen LogP contribution is -2.35. The Morgan fingerprint density at radius 2 is 2.29 bits per heavy atom. The Hall–Kier alpha value is -1.71. The van der Waals surface area contributed by atoms with Gasteiger partial charge in [-0.1, -0.05) is 0 Å². The third-order valence-electron chi connectivity index (χ3n) is 2.18. The number of benzene rings is 1. The van der Waals surface area contributed by atoms with Crippen LogP contribution in [-0.4, -0.2) is 31.7 Å². The molecule has 1 aliphatic heterocycles. The minimum absolute atomic E-state index is 0.0195. The fourth-order valence-electron chi connectivity index (χ4n) is 1.36. The third kappa shape index (κ3) is 1.28. The highest BCUT2D eigenvalue weighted by atomic mass is 16.5. The molecule has 0 aliphatic carbocycles. The van der Waals surface area contributed by atoms with E-state index in [2.05, 4.69) is 0 Å². The van der Waals surface area contributed by atoms with E-state index in [9.17, 15) is 4.79 Å². The molecule has 0 spiro atoms. The Kier molecular flexibility index (Phi) is 2.04. The molecule has 0 radical (unpaired) electrons. The van der Waals surface area contributed by atoms with Gasteiger partial charge in [-0.25, -0.2) is 0 Å². The lowest BCUT2D eigenvalue weighted by molar-refractivity contribution is 0.0595. The molecule has 4 heteroatoms. The molecule has 0 unspecified atom stereocenters. The molecule has 1 heterocycles. The number of ether oxygens (including phenoxy) is 2. The molecule has 0 bridgehead atoms. The van der Waals surface area contributed by atoms with Crippen molar-refractivity contribution in [2.75, 3.05) is 20.9 Å². The molecule has 2 rings (SSSR count). The van der Waals surface area contributed by atoms with Crippen LogP contribution in [0.3, 0.4) is 0 Å². The van der Waals surface area contributed by atoms with Crippen LogP contribution in [-0.2, 0) is 0 Å². The Balaban J connectivity index is 2.44. The predicted octanol–water partition coefficient (Wildman–Crippen LogP) is 1.12. The minimum atomic E-state index is -0.0195. The molecule has 0 saturated heterocycles. The normalized spacial score (nSPS) is 14.7. The van der Waals surface area contributed by atoms with Gasteiger partial charge in [-0.3, -0.25) is 4.79 Å². The number of amides is 1. The van der Waals surface area contributed by atoms with E-state index < -0.39 is 0 Å². The first-order valence-corrected chi connectivity index (χ1v) is 4.28. The first-order valence-electron chi connectivity index (χ1n) is 4.28. The first kappa shape index (κ1) is 8.87. The number of nitrogens with zero attached hydrogens (tertiary/aromatic N) is 1. The molecular formula is C10H11NO3. The molecule has 0 atom stereocenters. The van der Waals surface area contributed by atoms with Gasteiger partial charge in [-0.2, -0.15) is 0 Å². The summed E-state index contributed by atoms with van der Waals surface area (Å²) in [7, 11) is 3.29. The molecular weight excluding hydrogens is 182 g/mol. The van der Waals surface area contributed by atoms with E-state index in [0.29, 0.717) is 23.8 Å². The van der Waals surface area contributed by atoms with Gasteiger partial charge in [-0.15, -0.1) is 0 Å². The molecule has 74 valence electrons. The lowest BCUT2D eigenvalue weighted by Gasteiger charge is -2.25. The standard InChI is InChI=1S/C10H11NO3/c1-11-6-14-9-5-7(13-2)3-4-8(9)10(11)12/h3-5H,6H2,1-2H3. The van der Waals surface area contributed by atoms with Crippen LogP contribution in [0.15, 0.2) is 18.2 Å². The number of hydrogen-bond acceptors (Lipinski definition) is 3. The average molecular weight is 193 g/mol. The SMILES string of the molecule is COc1ccc2c(c1)OCN(C)C2=O. The molecule has 1 aliphatic rings. The van der Waals surface area contributed by atoms with Gasteiger partial charge in [0.05, 0.1) is 12.7 Å². The third-order valence-corrected chi connectivity index (χ3v) is 2.18. The summed E-state index contributed by atoms with van der Waals surface area (Å²) in [5, 5.41) is 0. The van der Waals surface area contributed by atoms with Crippen LogP contribution in [0.4, 0.5) is 0 Å². The van der Waals surface area contributed by atoms with Crippen molar-refractivity contribution in [3.05, 3.63) is 23.8 Å². The van der Waals surface area contributed by atoms with E-state index in [4.69, 9.17) is 9.47 Å². The number of hydrogen-bond donors (Lipinski definition) is 0. The number of carbonyl (C=O) groups is 1. The van der Waals surface area contributed by atoms with Crippen molar-refractivity contribution in [1.82, 2.24) is 4.90 Å². The van der Waals surface area contributed by atoms with Crippen LogP contribution < -0.4 is 9.47 Å². The Bertz CT molecular complexity index is 376. The van der Waals surface area contributed by atoms with Crippen molar-refractivity contribution in [3.8, 4) is 11.5 Å². The lowest BCUT2D eigenvalue weighted by atomic mass is 10.1. The molecule has 1 aromatic rings. The quantitative estimate of drug-likeness (QED) is 0.670. The van der Waals surface area contributed by atoms with Gasteiger partial charge in [0, 0.05) is 13.1 Å². The highest BCUT2D eigenvalue weighted by Crippen LogP contribution is 2.28. The van der Waals surface area contributed by atoms with Crippen LogP contribution in [0.25, 0.3) is 0 Å². The summed E-state index contributed by atoms with van der Waals surface area (Å²) in [5.41, 5.74) is 0.583. The Morgan fingerprint density at radius 1 is 1.50 bits per heavy atom. The van der Waals surface area contributed by atoms with Gasteiger partial charge in [0.15, 0.2) is 6.73 Å². The number of carbonyl (C=O) groups excluding carboxylic acids is 1. The van der Waals surface area contributed by atoms with Crippen LogP contribution in [0, 0.1) is 0 Å². The van der Waals surface area contributed by atoms with E-state index in [1.165, 1.54) is 4.90 Å². The second kappa shape index (κ2) is 3.21. The Morgan fingerprint density at radius 3 is 3.00 bits per heavy atom. The maximum Gasteiger partial charge on any atom is 0.259 e. The summed E-state index contributed by atoms with van der Waals surface area (Å²) in [4.78, 5) is 13.1. The molecule has 4 nitrogen and oxygen atoms in total. The highest BCUT2D eigenvalue weighted by Gasteiger charge is 2.22. The molecule has 0 N–H and O–H groups in total. The Labute approximate surface area is 82.0 Å². The summed E-state index contributed by atoms with van der Waals surface area (Å²) in [5.74, 6) is 1.27. The first-order chi connectivity index (χ1) is 6.72. The van der Waals surface area contributed by atoms with Crippen LogP contribution in [0.2, 0.25) is 0 Å². The van der Waals surface area contributed by atoms with Crippen molar-refractivity contribution in [2.45, 2.75) is 0 Å². The molecule has 1 amide bonds. The van der Waals surface area contributed by atoms with Crippen LogP contribution >= 0.6 is 0 Å². The van der Waals surface area contributed by atoms with Gasteiger partial charge in [0.2, 0.25) is 0 Å². The number of fused-ring (bicyclic) bond motifs is 1. The molecule has 0 aromatic heterocycles. The number of methoxy groups -OCH3 is 1. The zero-order valence-electron chi connectivity index (χ0n) is 8.11. The van der Waals surface area contributed by atoms with E-state index in [1.54, 1.807) is 32.4 Å². The number of rotatable bonds is 1. The van der Waals surface area contributed by atoms with E-state index in [0.717, 1.165) is 0 Å². The molecule has 1 aromatic carbocycles. The monoisotopic (exact) mass is 193 g/mol. The van der Waals surface area contributed by atoms with Gasteiger partial charge in [0.1, 0.15) is 11.5 Å². The zero-order valence-corrected chi connectivity index (χ0v) is 8.11. The zero-order chi connectivity index (χ0) is 10.1. The van der Waals surface area contributed by atoms with Crippen LogP contribution in [0.5, 0.6) is 11.5 Å². The highest BCUT2D eigenvalue weighted by molar-refractivity contribution is 5.97. The summed E-state index contributed by atoms with van der Waals surface area (Å²) >= 11 is 0. The van der Waals surface area contributed by atoms with Crippen molar-refractivity contribution < 1.29 is 14.3 Å². The molecule has 0 saturated carbocycles. The maximum atomic E-state index is 11.6. The second-order valence-electron chi connectivity index (χ2n) is 3.14. The van der Waals surface area contributed by atoms with E-state index >= 15 is 0 Å². The summed E-state index contributed by atoms with van der Waals surface area (Å²) < 4.78 is 10.4. The van der Waals surface area contributed by atoms with E-state index in [1.807, 2.05) is 0 Å². The summed E-state index contributed by atoms with van der Waals surface area (Å²) in [6.07, 6.45) is 0. The largest absolute Gasteiger partial charge is 0.497 e. The van der Waals surface area contributed by atoms with Gasteiger partial charge in [0.25, 0.3) is 5.91 Å². The molecule has 14 heavy (non-hydrogen) atoms. The summed E-state index contributed by atoms with van der Waals surface area (Å²) in [6.45, 7) is 0.291. The average Bonchev–Trinajstić information content (AvgIpc) is 2.23. The maximum absolute atomic E-state index is 11.6. The van der Waals surface area contributed by atoms with E-state index in [-0.39, 0.29) is 5.91 Å². The summed E-state index contributed by atoms with van der Waals surface area (Å²) in [6, 6.07) is 5.19. The van der Waals surface area contributed by atoms with Crippen molar-refractivity contribution in [1.29, 1.82) is 0 Å².